The molecule has 0 aliphatic heterocycles. The summed E-state index contributed by atoms with van der Waals surface area (Å²) in [5, 5.41) is 3.34. The quantitative estimate of drug-likeness (QED) is 0.893. The Kier molecular flexibility index (Phi) is 4.76. The number of aryl methyl sites for hydroxylation is 2. The minimum absolute atomic E-state index is 0.766. The maximum Gasteiger partial charge on any atom is 0.162 e. The second-order valence-electron chi connectivity index (χ2n) is 4.83. The van der Waals surface area contributed by atoms with E-state index in [2.05, 4.69) is 65.2 Å². The van der Waals surface area contributed by atoms with Crippen molar-refractivity contribution in [1.82, 2.24) is 9.97 Å². The number of hydrogen-bond acceptors (Lipinski definition) is 3. The zero-order valence-corrected chi connectivity index (χ0v) is 14.0. The summed E-state index contributed by atoms with van der Waals surface area (Å²) in [7, 11) is 0. The van der Waals surface area contributed by atoms with Crippen LogP contribution in [0.4, 0.5) is 5.82 Å². The Morgan fingerprint density at radius 1 is 1.15 bits per heavy atom. The van der Waals surface area contributed by atoms with Crippen LogP contribution in [0.15, 0.2) is 22.7 Å². The van der Waals surface area contributed by atoms with Crippen LogP contribution in [0, 0.1) is 13.8 Å². The fraction of sp³-hybridized carbons (Fsp3) is 0.375. The highest BCUT2D eigenvalue weighted by atomic mass is 79.9. The lowest BCUT2D eigenvalue weighted by molar-refractivity contribution is 0.989. The van der Waals surface area contributed by atoms with E-state index in [0.717, 1.165) is 40.3 Å². The molecule has 3 nitrogen and oxygen atoms in total. The third kappa shape index (κ3) is 3.01. The monoisotopic (exact) mass is 333 g/mol. The molecule has 0 aliphatic carbocycles. The molecule has 1 heterocycles. The second-order valence-corrected chi connectivity index (χ2v) is 5.68. The lowest BCUT2D eigenvalue weighted by Gasteiger charge is -2.13. The van der Waals surface area contributed by atoms with Crippen molar-refractivity contribution in [1.29, 1.82) is 0 Å². The van der Waals surface area contributed by atoms with Gasteiger partial charge >= 0.3 is 0 Å². The van der Waals surface area contributed by atoms with Gasteiger partial charge in [-0.15, -0.1) is 0 Å². The molecule has 2 aromatic rings. The number of aromatic nitrogens is 2. The molecule has 0 radical (unpaired) electrons. The van der Waals surface area contributed by atoms with Crippen LogP contribution in [0.1, 0.15) is 30.7 Å². The third-order valence-electron chi connectivity index (χ3n) is 3.28. The summed E-state index contributed by atoms with van der Waals surface area (Å²) >= 11 is 3.61. The van der Waals surface area contributed by atoms with E-state index in [0.29, 0.717) is 0 Å². The van der Waals surface area contributed by atoms with Crippen molar-refractivity contribution in [2.75, 3.05) is 11.9 Å². The van der Waals surface area contributed by atoms with Crippen molar-refractivity contribution < 1.29 is 0 Å². The first-order valence-electron chi connectivity index (χ1n) is 6.94. The lowest BCUT2D eigenvalue weighted by Crippen LogP contribution is -2.08. The molecule has 1 aromatic heterocycles. The van der Waals surface area contributed by atoms with Crippen molar-refractivity contribution >= 4 is 21.7 Å². The topological polar surface area (TPSA) is 37.8 Å². The standard InChI is InChI=1S/C16H20BrN3/c1-5-12-11(4)19-16(20-15(12)18-6-2)13-8-7-10(3)9-14(13)17/h7-9H,5-6H2,1-4H3,(H,18,19,20). The van der Waals surface area contributed by atoms with Crippen LogP contribution in [-0.2, 0) is 6.42 Å². The zero-order chi connectivity index (χ0) is 14.7. The number of hydrogen-bond donors (Lipinski definition) is 1. The first-order valence-corrected chi connectivity index (χ1v) is 7.74. The highest BCUT2D eigenvalue weighted by Gasteiger charge is 2.13. The lowest BCUT2D eigenvalue weighted by atomic mass is 10.1. The predicted molar refractivity (Wildman–Crippen MR) is 88.2 cm³/mol. The molecule has 1 N–H and O–H groups in total. The minimum Gasteiger partial charge on any atom is -0.370 e. The molecule has 0 spiro atoms. The summed E-state index contributed by atoms with van der Waals surface area (Å²) in [4.78, 5) is 9.37. The molecule has 106 valence electrons. The Balaban J connectivity index is 2.57. The molecule has 4 heteroatoms. The van der Waals surface area contributed by atoms with Gasteiger partial charge in [0.2, 0.25) is 0 Å². The average molecular weight is 334 g/mol. The number of nitrogens with zero attached hydrogens (tertiary/aromatic N) is 2. The van der Waals surface area contributed by atoms with E-state index >= 15 is 0 Å². The molecule has 0 amide bonds. The van der Waals surface area contributed by atoms with E-state index in [4.69, 9.17) is 4.98 Å². The minimum atomic E-state index is 0.766. The number of halogens is 1. The molecule has 0 atom stereocenters. The van der Waals surface area contributed by atoms with Gasteiger partial charge in [-0.1, -0.05) is 28.9 Å². The van der Waals surface area contributed by atoms with Crippen molar-refractivity contribution in [2.45, 2.75) is 34.1 Å². The summed E-state index contributed by atoms with van der Waals surface area (Å²) < 4.78 is 1.03. The van der Waals surface area contributed by atoms with Gasteiger partial charge < -0.3 is 5.32 Å². The maximum absolute atomic E-state index is 4.70. The van der Waals surface area contributed by atoms with Gasteiger partial charge in [0.05, 0.1) is 0 Å². The Labute approximate surface area is 129 Å². The summed E-state index contributed by atoms with van der Waals surface area (Å²) in [6.45, 7) is 9.20. The van der Waals surface area contributed by atoms with Crippen molar-refractivity contribution in [3.63, 3.8) is 0 Å². The summed E-state index contributed by atoms with van der Waals surface area (Å²) in [5.41, 5.74) is 4.48. The molecular weight excluding hydrogens is 314 g/mol. The molecule has 2 rings (SSSR count). The van der Waals surface area contributed by atoms with Gasteiger partial charge in [0.25, 0.3) is 0 Å². The largest absolute Gasteiger partial charge is 0.370 e. The molecule has 0 saturated heterocycles. The van der Waals surface area contributed by atoms with Gasteiger partial charge in [0.15, 0.2) is 5.82 Å². The summed E-state index contributed by atoms with van der Waals surface area (Å²) in [6, 6.07) is 6.24. The molecular formula is C16H20BrN3. The number of rotatable bonds is 4. The fourth-order valence-corrected chi connectivity index (χ4v) is 2.93. The van der Waals surface area contributed by atoms with Gasteiger partial charge in [-0.05, 0) is 44.9 Å². The van der Waals surface area contributed by atoms with Crippen LogP contribution in [0.5, 0.6) is 0 Å². The van der Waals surface area contributed by atoms with Gasteiger partial charge in [0, 0.05) is 27.8 Å². The van der Waals surface area contributed by atoms with E-state index in [9.17, 15) is 0 Å². The van der Waals surface area contributed by atoms with Crippen LogP contribution in [-0.4, -0.2) is 16.5 Å². The highest BCUT2D eigenvalue weighted by molar-refractivity contribution is 9.10. The molecule has 0 saturated carbocycles. The Morgan fingerprint density at radius 2 is 1.90 bits per heavy atom. The van der Waals surface area contributed by atoms with E-state index in [1.807, 2.05) is 6.92 Å². The van der Waals surface area contributed by atoms with Crippen molar-refractivity contribution in [3.8, 4) is 11.4 Å². The van der Waals surface area contributed by atoms with Gasteiger partial charge in [0.1, 0.15) is 5.82 Å². The van der Waals surface area contributed by atoms with Gasteiger partial charge in [-0.3, -0.25) is 0 Å². The molecule has 0 unspecified atom stereocenters. The Bertz CT molecular complexity index is 623. The molecule has 0 bridgehead atoms. The van der Waals surface area contributed by atoms with E-state index in [1.165, 1.54) is 11.1 Å². The Hall–Kier alpha value is -1.42. The zero-order valence-electron chi connectivity index (χ0n) is 12.4. The third-order valence-corrected chi connectivity index (χ3v) is 3.93. The number of nitrogens with one attached hydrogen (secondary N) is 1. The molecule has 20 heavy (non-hydrogen) atoms. The molecule has 1 aromatic carbocycles. The average Bonchev–Trinajstić information content (AvgIpc) is 2.38. The van der Waals surface area contributed by atoms with Crippen molar-refractivity contribution in [2.24, 2.45) is 0 Å². The second kappa shape index (κ2) is 6.35. The van der Waals surface area contributed by atoms with E-state index in [1.54, 1.807) is 0 Å². The van der Waals surface area contributed by atoms with Crippen LogP contribution < -0.4 is 5.32 Å². The van der Waals surface area contributed by atoms with Crippen LogP contribution in [0.25, 0.3) is 11.4 Å². The maximum atomic E-state index is 4.70. The predicted octanol–water partition coefficient (Wildman–Crippen LogP) is 4.52. The smallest absolute Gasteiger partial charge is 0.162 e. The normalized spacial score (nSPS) is 10.7. The fourth-order valence-electron chi connectivity index (χ4n) is 2.25. The van der Waals surface area contributed by atoms with Gasteiger partial charge in [-0.25, -0.2) is 9.97 Å². The van der Waals surface area contributed by atoms with Crippen LogP contribution >= 0.6 is 15.9 Å². The first kappa shape index (κ1) is 15.0. The van der Waals surface area contributed by atoms with Crippen LogP contribution in [0.2, 0.25) is 0 Å². The molecule has 0 fully saturated rings. The number of anilines is 1. The highest BCUT2D eigenvalue weighted by Crippen LogP contribution is 2.29. The molecule has 0 aliphatic rings. The van der Waals surface area contributed by atoms with Gasteiger partial charge in [-0.2, -0.15) is 0 Å². The Morgan fingerprint density at radius 3 is 2.50 bits per heavy atom. The SMILES string of the molecule is CCNc1nc(-c2ccc(C)cc2Br)nc(C)c1CC. The summed E-state index contributed by atoms with van der Waals surface area (Å²) in [6.07, 6.45) is 0.934. The van der Waals surface area contributed by atoms with E-state index < -0.39 is 0 Å². The van der Waals surface area contributed by atoms with Crippen LogP contribution in [0.3, 0.4) is 0 Å². The first-order chi connectivity index (χ1) is 9.56. The number of benzene rings is 1. The van der Waals surface area contributed by atoms with E-state index in [-0.39, 0.29) is 0 Å². The van der Waals surface area contributed by atoms with Crippen molar-refractivity contribution in [3.05, 3.63) is 39.5 Å². The summed E-state index contributed by atoms with van der Waals surface area (Å²) in [5.74, 6) is 1.72.